The highest BCUT2D eigenvalue weighted by atomic mass is 32.2. The summed E-state index contributed by atoms with van der Waals surface area (Å²) in [6, 6.07) is 13.2. The van der Waals surface area contributed by atoms with Crippen LogP contribution in [0.15, 0.2) is 72.3 Å². The molecule has 8 heteroatoms. The molecular weight excluding hydrogens is 426 g/mol. The van der Waals surface area contributed by atoms with Gasteiger partial charge < -0.3 is 10.1 Å². The maximum Gasteiger partial charge on any atom is 0.262 e. The van der Waals surface area contributed by atoms with Crippen molar-refractivity contribution in [3.63, 3.8) is 0 Å². The molecule has 1 heterocycles. The van der Waals surface area contributed by atoms with Gasteiger partial charge in [-0.25, -0.2) is 13.4 Å². The van der Waals surface area contributed by atoms with Gasteiger partial charge in [0, 0.05) is 24.5 Å². The average molecular weight is 452 g/mol. The van der Waals surface area contributed by atoms with Crippen molar-refractivity contribution in [1.29, 1.82) is 0 Å². The molecule has 1 aromatic heterocycles. The minimum Gasteiger partial charge on any atom is -0.439 e. The normalized spacial score (nSPS) is 11.0. The number of carbonyl (C=O) groups excluding carboxylic acids is 1. The second-order valence-corrected chi connectivity index (χ2v) is 8.97. The number of amides is 1. The molecule has 2 N–H and O–H groups in total. The predicted octanol–water partition coefficient (Wildman–Crippen LogP) is 4.52. The number of ether oxygens (including phenoxy) is 1. The van der Waals surface area contributed by atoms with Crippen molar-refractivity contribution < 1.29 is 17.9 Å². The fourth-order valence-electron chi connectivity index (χ4n) is 2.99. The van der Waals surface area contributed by atoms with E-state index in [1.165, 1.54) is 6.20 Å². The van der Waals surface area contributed by atoms with Crippen LogP contribution in [0.5, 0.6) is 11.6 Å². The summed E-state index contributed by atoms with van der Waals surface area (Å²) in [6.07, 6.45) is 3.01. The number of aryl methyl sites for hydroxylation is 3. The molecule has 0 bridgehead atoms. The molecule has 0 saturated carbocycles. The topological polar surface area (TPSA) is 97.4 Å². The van der Waals surface area contributed by atoms with Crippen LogP contribution in [0, 0.1) is 20.8 Å². The molecule has 0 fully saturated rings. The second-order valence-electron chi connectivity index (χ2n) is 7.32. The van der Waals surface area contributed by atoms with Crippen LogP contribution < -0.4 is 14.8 Å². The number of anilines is 1. The van der Waals surface area contributed by atoms with Gasteiger partial charge >= 0.3 is 0 Å². The third-order valence-corrected chi connectivity index (χ3v) is 6.34. The number of carbonyl (C=O) groups is 1. The summed E-state index contributed by atoms with van der Waals surface area (Å²) in [4.78, 5) is 16.3. The number of aromatic nitrogens is 1. The van der Waals surface area contributed by atoms with Crippen molar-refractivity contribution in [1.82, 2.24) is 10.3 Å². The molecule has 0 radical (unpaired) electrons. The van der Waals surface area contributed by atoms with Gasteiger partial charge in [-0.1, -0.05) is 12.1 Å². The zero-order valence-corrected chi connectivity index (χ0v) is 19.0. The minimum absolute atomic E-state index is 0.250. The van der Waals surface area contributed by atoms with Gasteiger partial charge in [-0.05, 0) is 73.9 Å². The molecule has 0 spiro atoms. The first-order valence-electron chi connectivity index (χ1n) is 9.93. The molecular formula is C24H25N3O4S. The van der Waals surface area contributed by atoms with E-state index < -0.39 is 10.0 Å². The Morgan fingerprint density at radius 3 is 2.34 bits per heavy atom. The van der Waals surface area contributed by atoms with Gasteiger partial charge in [0.05, 0.1) is 10.5 Å². The van der Waals surface area contributed by atoms with Crippen molar-refractivity contribution >= 4 is 21.6 Å². The number of nitrogens with zero attached hydrogens (tertiary/aromatic N) is 1. The van der Waals surface area contributed by atoms with Crippen LogP contribution in [0.4, 0.5) is 5.69 Å². The molecule has 0 aliphatic rings. The molecule has 7 nitrogen and oxygen atoms in total. The third kappa shape index (κ3) is 5.53. The van der Waals surface area contributed by atoms with E-state index in [9.17, 15) is 13.2 Å². The lowest BCUT2D eigenvalue weighted by Gasteiger charge is -2.13. The number of sulfonamides is 1. The molecule has 0 aliphatic heterocycles. The zero-order valence-electron chi connectivity index (χ0n) is 18.2. The molecule has 0 unspecified atom stereocenters. The van der Waals surface area contributed by atoms with E-state index in [0.717, 1.165) is 11.1 Å². The van der Waals surface area contributed by atoms with E-state index in [1.807, 2.05) is 19.9 Å². The van der Waals surface area contributed by atoms with Gasteiger partial charge in [-0.2, -0.15) is 0 Å². The van der Waals surface area contributed by atoms with E-state index >= 15 is 0 Å². The summed E-state index contributed by atoms with van der Waals surface area (Å²) in [5.41, 5.74) is 3.47. The monoisotopic (exact) mass is 451 g/mol. The fourth-order valence-corrected chi connectivity index (χ4v) is 4.36. The molecule has 166 valence electrons. The van der Waals surface area contributed by atoms with Crippen molar-refractivity contribution in [3.8, 4) is 11.6 Å². The Morgan fingerprint density at radius 1 is 1.03 bits per heavy atom. The first-order chi connectivity index (χ1) is 15.2. The average Bonchev–Trinajstić information content (AvgIpc) is 2.76. The van der Waals surface area contributed by atoms with Crippen LogP contribution in [-0.4, -0.2) is 25.9 Å². The lowest BCUT2D eigenvalue weighted by Crippen LogP contribution is -2.23. The van der Waals surface area contributed by atoms with E-state index in [0.29, 0.717) is 35.0 Å². The highest BCUT2D eigenvalue weighted by molar-refractivity contribution is 7.92. The summed E-state index contributed by atoms with van der Waals surface area (Å²) in [6.45, 7) is 9.53. The first-order valence-corrected chi connectivity index (χ1v) is 11.4. The standard InChI is InChI=1S/C24H25N3O4S/c1-5-12-25-24(28)19-6-11-23(26-15-19)31-21-9-7-20(8-10-21)27-32(29,30)22-14-17(3)16(2)13-18(22)4/h5-11,13-15,27H,1,12H2,2-4H3,(H,25,28). The Balaban J connectivity index is 1.68. The second kappa shape index (κ2) is 9.65. The fraction of sp³-hybridized carbons (Fsp3) is 0.167. The molecule has 32 heavy (non-hydrogen) atoms. The molecule has 0 aliphatic carbocycles. The van der Waals surface area contributed by atoms with E-state index in [2.05, 4.69) is 21.6 Å². The Labute approximate surface area is 188 Å². The number of hydrogen-bond acceptors (Lipinski definition) is 5. The molecule has 2 aromatic carbocycles. The summed E-state index contributed by atoms with van der Waals surface area (Å²) >= 11 is 0. The van der Waals surface area contributed by atoms with Crippen LogP contribution in [0.1, 0.15) is 27.0 Å². The van der Waals surface area contributed by atoms with E-state index in [-0.39, 0.29) is 10.8 Å². The maximum absolute atomic E-state index is 12.8. The predicted molar refractivity (Wildman–Crippen MR) is 125 cm³/mol. The van der Waals surface area contributed by atoms with Gasteiger partial charge in [0.2, 0.25) is 5.88 Å². The van der Waals surface area contributed by atoms with Crippen LogP contribution in [0.25, 0.3) is 0 Å². The largest absolute Gasteiger partial charge is 0.439 e. The number of pyridine rings is 1. The van der Waals surface area contributed by atoms with E-state index in [1.54, 1.807) is 55.5 Å². The Bertz CT molecular complexity index is 1240. The summed E-state index contributed by atoms with van der Waals surface area (Å²) < 4.78 is 33.9. The highest BCUT2D eigenvalue weighted by Gasteiger charge is 2.18. The minimum atomic E-state index is -3.72. The van der Waals surface area contributed by atoms with Gasteiger partial charge in [0.15, 0.2) is 0 Å². The van der Waals surface area contributed by atoms with Crippen molar-refractivity contribution in [3.05, 3.63) is 89.6 Å². The van der Waals surface area contributed by atoms with Gasteiger partial charge in [-0.3, -0.25) is 9.52 Å². The quantitative estimate of drug-likeness (QED) is 0.491. The number of nitrogens with one attached hydrogen (secondary N) is 2. The number of rotatable bonds is 8. The summed E-state index contributed by atoms with van der Waals surface area (Å²) in [5, 5.41) is 2.67. The van der Waals surface area contributed by atoms with Crippen molar-refractivity contribution in [2.45, 2.75) is 25.7 Å². The van der Waals surface area contributed by atoms with Crippen LogP contribution in [0.2, 0.25) is 0 Å². The molecule has 0 saturated heterocycles. The smallest absolute Gasteiger partial charge is 0.262 e. The van der Waals surface area contributed by atoms with Gasteiger partial charge in [-0.15, -0.1) is 6.58 Å². The van der Waals surface area contributed by atoms with Gasteiger partial charge in [0.25, 0.3) is 15.9 Å². The van der Waals surface area contributed by atoms with E-state index in [4.69, 9.17) is 4.74 Å². The van der Waals surface area contributed by atoms with Gasteiger partial charge in [0.1, 0.15) is 5.75 Å². The lowest BCUT2D eigenvalue weighted by atomic mass is 10.1. The number of benzene rings is 2. The van der Waals surface area contributed by atoms with Crippen LogP contribution in [-0.2, 0) is 10.0 Å². The Hall–Kier alpha value is -3.65. The highest BCUT2D eigenvalue weighted by Crippen LogP contribution is 2.25. The summed E-state index contributed by atoms with van der Waals surface area (Å²) in [7, 11) is -3.72. The summed E-state index contributed by atoms with van der Waals surface area (Å²) in [5.74, 6) is 0.538. The molecule has 3 rings (SSSR count). The molecule has 1 amide bonds. The number of hydrogen-bond donors (Lipinski definition) is 2. The third-order valence-electron chi connectivity index (χ3n) is 4.82. The SMILES string of the molecule is C=CCNC(=O)c1ccc(Oc2ccc(NS(=O)(=O)c3cc(C)c(C)cc3C)cc2)nc1. The van der Waals surface area contributed by atoms with Crippen molar-refractivity contribution in [2.24, 2.45) is 0 Å². The maximum atomic E-state index is 12.8. The van der Waals surface area contributed by atoms with Crippen LogP contribution in [0.3, 0.4) is 0 Å². The lowest BCUT2D eigenvalue weighted by molar-refractivity contribution is 0.0957. The van der Waals surface area contributed by atoms with Crippen molar-refractivity contribution in [2.75, 3.05) is 11.3 Å². The molecule has 0 atom stereocenters. The molecule has 3 aromatic rings. The Morgan fingerprint density at radius 2 is 1.72 bits per heavy atom. The Kier molecular flexibility index (Phi) is 6.95. The van der Waals surface area contributed by atoms with Crippen LogP contribution >= 0.6 is 0 Å². The first kappa shape index (κ1) is 23.0. The zero-order chi connectivity index (χ0) is 23.3.